The van der Waals surface area contributed by atoms with Gasteiger partial charge in [-0.2, -0.15) is 0 Å². The van der Waals surface area contributed by atoms with Gasteiger partial charge < -0.3 is 24.6 Å². The molecule has 7 heteroatoms. The smallest absolute Gasteiger partial charge is 0.407 e. The largest absolute Gasteiger partial charge is 0.478 e. The number of ether oxygens (including phenoxy) is 2. The molecule has 0 saturated carbocycles. The molecule has 1 fully saturated rings. The monoisotopic (exact) mass is 386 g/mol. The van der Waals surface area contributed by atoms with E-state index in [9.17, 15) is 9.90 Å². The Hall–Kier alpha value is -2.64. The molecule has 0 aliphatic carbocycles. The number of rotatable bonds is 8. The number of pyridine rings is 1. The van der Waals surface area contributed by atoms with Gasteiger partial charge in [0.1, 0.15) is 0 Å². The molecule has 2 aromatic rings. The fourth-order valence-electron chi connectivity index (χ4n) is 3.29. The Morgan fingerprint density at radius 1 is 1.18 bits per heavy atom. The lowest BCUT2D eigenvalue weighted by atomic mass is 9.88. The van der Waals surface area contributed by atoms with Crippen LogP contribution in [-0.4, -0.2) is 58.6 Å². The molecule has 7 nitrogen and oxygen atoms in total. The minimum absolute atomic E-state index is 0.108. The summed E-state index contributed by atoms with van der Waals surface area (Å²) in [6, 6.07) is 13.7. The van der Waals surface area contributed by atoms with Crippen molar-refractivity contribution in [3.63, 3.8) is 0 Å². The van der Waals surface area contributed by atoms with Gasteiger partial charge in [0.05, 0.1) is 32.5 Å². The minimum Gasteiger partial charge on any atom is -0.478 e. The number of aromatic nitrogens is 1. The first-order chi connectivity index (χ1) is 13.6. The zero-order valence-corrected chi connectivity index (χ0v) is 15.7. The first-order valence-electron chi connectivity index (χ1n) is 9.50. The number of carboxylic acid groups (broad SMARTS) is 1. The Kier molecular flexibility index (Phi) is 7.22. The fourth-order valence-corrected chi connectivity index (χ4v) is 3.29. The van der Waals surface area contributed by atoms with Crippen molar-refractivity contribution < 1.29 is 24.5 Å². The van der Waals surface area contributed by atoms with Crippen LogP contribution in [0.1, 0.15) is 29.9 Å². The predicted molar refractivity (Wildman–Crippen MR) is 103 cm³/mol. The lowest BCUT2D eigenvalue weighted by Gasteiger charge is -2.34. The van der Waals surface area contributed by atoms with Gasteiger partial charge in [0.15, 0.2) is 0 Å². The van der Waals surface area contributed by atoms with Gasteiger partial charge >= 0.3 is 6.09 Å². The highest BCUT2D eigenvalue weighted by molar-refractivity contribution is 5.65. The molecule has 1 saturated heterocycles. The molecule has 1 aromatic carbocycles. The molecule has 28 heavy (non-hydrogen) atoms. The topological polar surface area (TPSA) is 92.1 Å². The van der Waals surface area contributed by atoms with Crippen molar-refractivity contribution in [3.8, 4) is 5.88 Å². The molecule has 1 amide bonds. The Morgan fingerprint density at radius 3 is 2.68 bits per heavy atom. The quantitative estimate of drug-likeness (QED) is 0.678. The van der Waals surface area contributed by atoms with Crippen LogP contribution in [0.4, 0.5) is 4.79 Å². The van der Waals surface area contributed by atoms with Gasteiger partial charge in [-0.3, -0.25) is 0 Å². The van der Waals surface area contributed by atoms with E-state index in [-0.39, 0.29) is 12.5 Å². The maximum atomic E-state index is 11.0. The third-order valence-corrected chi connectivity index (χ3v) is 4.83. The molecular formula is C21H26N2O5. The Bertz CT molecular complexity index is 738. The number of nitrogens with zero attached hydrogens (tertiary/aromatic N) is 2. The molecule has 3 rings (SSSR count). The second kappa shape index (κ2) is 10.1. The normalized spacial score (nSPS) is 19.4. The van der Waals surface area contributed by atoms with E-state index in [2.05, 4.69) is 4.98 Å². The Balaban J connectivity index is 1.37. The van der Waals surface area contributed by atoms with E-state index in [1.807, 2.05) is 36.4 Å². The maximum absolute atomic E-state index is 11.0. The zero-order valence-electron chi connectivity index (χ0n) is 15.7. The van der Waals surface area contributed by atoms with Gasteiger partial charge in [0.2, 0.25) is 5.88 Å². The summed E-state index contributed by atoms with van der Waals surface area (Å²) in [5, 5.41) is 19.3. The molecule has 0 radical (unpaired) electrons. The van der Waals surface area contributed by atoms with Crippen LogP contribution in [0.5, 0.6) is 5.88 Å². The molecule has 1 aromatic heterocycles. The number of amides is 1. The van der Waals surface area contributed by atoms with Crippen LogP contribution in [0.25, 0.3) is 0 Å². The van der Waals surface area contributed by atoms with Crippen LogP contribution in [0, 0.1) is 0 Å². The number of carbonyl (C=O) groups is 1. The van der Waals surface area contributed by atoms with E-state index in [1.54, 1.807) is 12.3 Å². The summed E-state index contributed by atoms with van der Waals surface area (Å²) in [5.41, 5.74) is 2.05. The number of aliphatic hydroxyl groups is 1. The molecule has 2 atom stereocenters. The van der Waals surface area contributed by atoms with Crippen molar-refractivity contribution in [1.29, 1.82) is 0 Å². The number of benzene rings is 1. The molecule has 1 aliphatic rings. The summed E-state index contributed by atoms with van der Waals surface area (Å²) in [5.74, 6) is 0.424. The van der Waals surface area contributed by atoms with Gasteiger partial charge in [-0.1, -0.05) is 36.4 Å². The van der Waals surface area contributed by atoms with E-state index in [0.29, 0.717) is 38.7 Å². The molecule has 0 spiro atoms. The van der Waals surface area contributed by atoms with Gasteiger partial charge in [-0.25, -0.2) is 9.78 Å². The van der Waals surface area contributed by atoms with Crippen molar-refractivity contribution in [1.82, 2.24) is 9.88 Å². The summed E-state index contributed by atoms with van der Waals surface area (Å²) >= 11 is 0. The lowest BCUT2D eigenvalue weighted by molar-refractivity contribution is 0.0503. The molecule has 1 aliphatic heterocycles. The second-order valence-corrected chi connectivity index (χ2v) is 6.86. The first-order valence-corrected chi connectivity index (χ1v) is 9.50. The maximum Gasteiger partial charge on any atom is 0.407 e. The number of hydrogen-bond acceptors (Lipinski definition) is 5. The van der Waals surface area contributed by atoms with Crippen molar-refractivity contribution in [3.05, 3.63) is 59.8 Å². The first kappa shape index (κ1) is 20.1. The average molecular weight is 386 g/mol. The average Bonchev–Trinajstić information content (AvgIpc) is 2.72. The van der Waals surface area contributed by atoms with Gasteiger partial charge in [-0.15, -0.1) is 0 Å². The van der Waals surface area contributed by atoms with E-state index >= 15 is 0 Å². The molecule has 2 heterocycles. The van der Waals surface area contributed by atoms with Crippen LogP contribution < -0.4 is 4.74 Å². The van der Waals surface area contributed by atoms with Crippen molar-refractivity contribution >= 4 is 6.09 Å². The third kappa shape index (κ3) is 5.68. The van der Waals surface area contributed by atoms with Gasteiger partial charge in [0, 0.05) is 31.1 Å². The standard InChI is InChI=1S/C21H26N2O5/c24-19-14-23(21(25)26)10-9-18(19)17-7-8-20(22-13-17)28-12-4-11-27-15-16-5-2-1-3-6-16/h1-3,5-8,13,18-19,24H,4,9-12,14-15H2,(H,25,26). The zero-order chi connectivity index (χ0) is 19.8. The van der Waals surface area contributed by atoms with Crippen LogP contribution in [0.15, 0.2) is 48.7 Å². The number of hydrogen-bond donors (Lipinski definition) is 2. The highest BCUT2D eigenvalue weighted by Crippen LogP contribution is 2.28. The highest BCUT2D eigenvalue weighted by Gasteiger charge is 2.31. The molecule has 0 bridgehead atoms. The van der Waals surface area contributed by atoms with Crippen molar-refractivity contribution in [2.45, 2.75) is 31.5 Å². The number of aliphatic hydroxyl groups excluding tert-OH is 1. The Labute approximate surface area is 164 Å². The summed E-state index contributed by atoms with van der Waals surface area (Å²) in [6.07, 6.45) is 1.33. The van der Waals surface area contributed by atoms with Crippen molar-refractivity contribution in [2.75, 3.05) is 26.3 Å². The number of likely N-dealkylation sites (tertiary alicyclic amines) is 1. The van der Waals surface area contributed by atoms with Crippen LogP contribution in [0.2, 0.25) is 0 Å². The van der Waals surface area contributed by atoms with E-state index in [0.717, 1.165) is 17.5 Å². The summed E-state index contributed by atoms with van der Waals surface area (Å²) < 4.78 is 11.3. The number of β-amino-alcohol motifs (C(OH)–C–C–N with tert-alkyl or cyclic N) is 1. The lowest BCUT2D eigenvalue weighted by Crippen LogP contribution is -2.45. The Morgan fingerprint density at radius 2 is 2.00 bits per heavy atom. The van der Waals surface area contributed by atoms with Crippen molar-refractivity contribution in [2.24, 2.45) is 0 Å². The minimum atomic E-state index is -0.993. The summed E-state index contributed by atoms with van der Waals surface area (Å²) in [6.45, 7) is 2.26. The van der Waals surface area contributed by atoms with Gasteiger partial charge in [0.25, 0.3) is 0 Å². The summed E-state index contributed by atoms with van der Waals surface area (Å²) in [4.78, 5) is 16.5. The van der Waals surface area contributed by atoms with Crippen LogP contribution >= 0.6 is 0 Å². The SMILES string of the molecule is O=C(O)N1CCC(c2ccc(OCCCOCc3ccccc3)nc2)C(O)C1. The van der Waals surface area contributed by atoms with E-state index in [1.165, 1.54) is 4.90 Å². The van der Waals surface area contributed by atoms with Gasteiger partial charge in [-0.05, 0) is 17.5 Å². The summed E-state index contributed by atoms with van der Waals surface area (Å²) in [7, 11) is 0. The van der Waals surface area contributed by atoms with E-state index in [4.69, 9.17) is 14.6 Å². The third-order valence-electron chi connectivity index (χ3n) is 4.83. The predicted octanol–water partition coefficient (Wildman–Crippen LogP) is 2.90. The van der Waals surface area contributed by atoms with E-state index < -0.39 is 12.2 Å². The van der Waals surface area contributed by atoms with Crippen LogP contribution in [-0.2, 0) is 11.3 Å². The molecule has 2 N–H and O–H groups in total. The molecule has 2 unspecified atom stereocenters. The fraction of sp³-hybridized carbons (Fsp3) is 0.429. The molecular weight excluding hydrogens is 360 g/mol. The highest BCUT2D eigenvalue weighted by atomic mass is 16.5. The molecule has 150 valence electrons. The number of piperidine rings is 1. The van der Waals surface area contributed by atoms with Crippen LogP contribution in [0.3, 0.4) is 0 Å². The second-order valence-electron chi connectivity index (χ2n) is 6.86.